The number of hydrogen-bond acceptors (Lipinski definition) is 4. The third-order valence-electron chi connectivity index (χ3n) is 3.52. The van der Waals surface area contributed by atoms with E-state index in [1.54, 1.807) is 24.3 Å². The highest BCUT2D eigenvalue weighted by molar-refractivity contribution is 5.94. The number of rotatable bonds is 6. The number of nitrogens with one attached hydrogen (secondary N) is 2. The van der Waals surface area contributed by atoms with Crippen molar-refractivity contribution in [3.8, 4) is 0 Å². The van der Waals surface area contributed by atoms with Crippen molar-refractivity contribution in [1.82, 2.24) is 5.32 Å². The minimum absolute atomic E-state index is 0.0632. The average Bonchev–Trinajstić information content (AvgIpc) is 2.60. The highest BCUT2D eigenvalue weighted by atomic mass is 16.6. The molecule has 7 nitrogen and oxygen atoms in total. The largest absolute Gasteiger partial charge is 0.348 e. The first-order chi connectivity index (χ1) is 11.9. The number of amides is 2. The maximum absolute atomic E-state index is 12.1. The summed E-state index contributed by atoms with van der Waals surface area (Å²) in [5.41, 5.74) is 1.64. The van der Waals surface area contributed by atoms with Gasteiger partial charge in [0.1, 0.15) is 0 Å². The van der Waals surface area contributed by atoms with Crippen LogP contribution in [0.25, 0.3) is 0 Å². The highest BCUT2D eigenvalue weighted by Crippen LogP contribution is 2.14. The summed E-state index contributed by atoms with van der Waals surface area (Å²) in [5, 5.41) is 16.2. The first kappa shape index (κ1) is 18.1. The van der Waals surface area contributed by atoms with Gasteiger partial charge < -0.3 is 10.6 Å². The predicted octanol–water partition coefficient (Wildman–Crippen LogP) is 3.12. The van der Waals surface area contributed by atoms with E-state index in [1.165, 1.54) is 24.3 Å². The molecule has 2 amide bonds. The van der Waals surface area contributed by atoms with E-state index in [0.29, 0.717) is 5.69 Å². The molecular formula is C18H19N3O4. The number of hydrogen-bond donors (Lipinski definition) is 2. The summed E-state index contributed by atoms with van der Waals surface area (Å²) in [6, 6.07) is 12.7. The fourth-order valence-electron chi connectivity index (χ4n) is 2.04. The van der Waals surface area contributed by atoms with E-state index in [9.17, 15) is 19.7 Å². The molecule has 0 unspecified atom stereocenters. The first-order valence-electron chi connectivity index (χ1n) is 7.79. The molecule has 0 bridgehead atoms. The van der Waals surface area contributed by atoms with Crippen molar-refractivity contribution in [2.45, 2.75) is 20.4 Å². The molecule has 0 aliphatic rings. The third kappa shape index (κ3) is 5.13. The quantitative estimate of drug-likeness (QED) is 0.622. The van der Waals surface area contributed by atoms with Crippen LogP contribution < -0.4 is 10.6 Å². The van der Waals surface area contributed by atoms with Gasteiger partial charge in [0.2, 0.25) is 5.91 Å². The van der Waals surface area contributed by atoms with Crippen LogP contribution in [0.5, 0.6) is 0 Å². The van der Waals surface area contributed by atoms with Crippen molar-refractivity contribution < 1.29 is 14.5 Å². The lowest BCUT2D eigenvalue weighted by Crippen LogP contribution is -2.22. The summed E-state index contributed by atoms with van der Waals surface area (Å²) in [7, 11) is 0. The van der Waals surface area contributed by atoms with Gasteiger partial charge in [-0.2, -0.15) is 0 Å². The Morgan fingerprint density at radius 1 is 1.12 bits per heavy atom. The number of benzene rings is 2. The van der Waals surface area contributed by atoms with Crippen molar-refractivity contribution in [3.63, 3.8) is 0 Å². The van der Waals surface area contributed by atoms with E-state index < -0.39 is 4.92 Å². The molecule has 2 aromatic rings. The molecule has 130 valence electrons. The molecule has 0 spiro atoms. The molecule has 0 aromatic heterocycles. The molecule has 0 aliphatic heterocycles. The maximum Gasteiger partial charge on any atom is 0.270 e. The van der Waals surface area contributed by atoms with Gasteiger partial charge in [-0.05, 0) is 23.8 Å². The van der Waals surface area contributed by atoms with Gasteiger partial charge in [0.25, 0.3) is 11.6 Å². The second kappa shape index (κ2) is 8.05. The van der Waals surface area contributed by atoms with Crippen LogP contribution in [-0.4, -0.2) is 16.7 Å². The Morgan fingerprint density at radius 2 is 1.80 bits per heavy atom. The Morgan fingerprint density at radius 3 is 2.40 bits per heavy atom. The number of carbonyl (C=O) groups excluding carboxylic acids is 2. The smallest absolute Gasteiger partial charge is 0.270 e. The molecule has 0 fully saturated rings. The van der Waals surface area contributed by atoms with Crippen LogP contribution in [0.15, 0.2) is 48.5 Å². The number of carbonyl (C=O) groups is 2. The van der Waals surface area contributed by atoms with Gasteiger partial charge in [-0.1, -0.05) is 32.0 Å². The van der Waals surface area contributed by atoms with Gasteiger partial charge in [0, 0.05) is 35.8 Å². The fraction of sp³-hybridized carbons (Fsp3) is 0.222. The Hall–Kier alpha value is -3.22. The number of anilines is 1. The van der Waals surface area contributed by atoms with Gasteiger partial charge in [0.15, 0.2) is 0 Å². The fourth-order valence-corrected chi connectivity index (χ4v) is 2.04. The molecule has 0 atom stereocenters. The molecule has 2 aromatic carbocycles. The number of nitro benzene ring substituents is 1. The van der Waals surface area contributed by atoms with Crippen LogP contribution in [-0.2, 0) is 11.3 Å². The number of non-ortho nitro benzene ring substituents is 1. The Labute approximate surface area is 145 Å². The predicted molar refractivity (Wildman–Crippen MR) is 94.2 cm³/mol. The summed E-state index contributed by atoms with van der Waals surface area (Å²) in [6.45, 7) is 3.90. The lowest BCUT2D eigenvalue weighted by Gasteiger charge is -2.09. The zero-order valence-electron chi connectivity index (χ0n) is 14.0. The standard InChI is InChI=1S/C18H19N3O4/c1-12(2)17(22)20-15-8-6-13(7-9-15)11-19-18(23)14-4-3-5-16(10-14)21(24)25/h3-10,12H,11H2,1-2H3,(H,19,23)(H,20,22). The summed E-state index contributed by atoms with van der Waals surface area (Å²) in [6.07, 6.45) is 0. The summed E-state index contributed by atoms with van der Waals surface area (Å²) in [4.78, 5) is 33.9. The molecule has 0 saturated carbocycles. The Kier molecular flexibility index (Phi) is 5.84. The zero-order valence-corrected chi connectivity index (χ0v) is 14.0. The van der Waals surface area contributed by atoms with Gasteiger partial charge in [0.05, 0.1) is 4.92 Å². The van der Waals surface area contributed by atoms with Crippen molar-refractivity contribution in [3.05, 3.63) is 69.8 Å². The minimum Gasteiger partial charge on any atom is -0.348 e. The maximum atomic E-state index is 12.1. The number of nitro groups is 1. The molecule has 25 heavy (non-hydrogen) atoms. The Bertz CT molecular complexity index is 785. The summed E-state index contributed by atoms with van der Waals surface area (Å²) < 4.78 is 0. The van der Waals surface area contributed by atoms with Crippen molar-refractivity contribution in [2.24, 2.45) is 5.92 Å². The Balaban J connectivity index is 1.94. The van der Waals surface area contributed by atoms with Gasteiger partial charge in [-0.15, -0.1) is 0 Å². The van der Waals surface area contributed by atoms with Crippen molar-refractivity contribution in [1.29, 1.82) is 0 Å². The second-order valence-corrected chi connectivity index (χ2v) is 5.83. The van der Waals surface area contributed by atoms with Crippen LogP contribution in [0.4, 0.5) is 11.4 Å². The first-order valence-corrected chi connectivity index (χ1v) is 7.79. The topological polar surface area (TPSA) is 101 Å². The van der Waals surface area contributed by atoms with Gasteiger partial charge in [-0.3, -0.25) is 19.7 Å². The molecule has 0 saturated heterocycles. The van der Waals surface area contributed by atoms with E-state index in [1.807, 2.05) is 13.8 Å². The van der Waals surface area contributed by atoms with E-state index in [-0.39, 0.29) is 35.5 Å². The van der Waals surface area contributed by atoms with E-state index in [0.717, 1.165) is 5.56 Å². The normalized spacial score (nSPS) is 10.4. The van der Waals surface area contributed by atoms with Gasteiger partial charge in [-0.25, -0.2) is 0 Å². The van der Waals surface area contributed by atoms with E-state index >= 15 is 0 Å². The van der Waals surface area contributed by atoms with E-state index in [4.69, 9.17) is 0 Å². The van der Waals surface area contributed by atoms with Crippen LogP contribution >= 0.6 is 0 Å². The summed E-state index contributed by atoms with van der Waals surface area (Å²) in [5.74, 6) is -0.554. The minimum atomic E-state index is -0.541. The SMILES string of the molecule is CC(C)C(=O)Nc1ccc(CNC(=O)c2cccc([N+](=O)[O-])c2)cc1. The molecule has 0 radical (unpaired) electrons. The molecule has 0 heterocycles. The number of nitrogens with zero attached hydrogens (tertiary/aromatic N) is 1. The average molecular weight is 341 g/mol. The lowest BCUT2D eigenvalue weighted by molar-refractivity contribution is -0.384. The van der Waals surface area contributed by atoms with Crippen LogP contribution in [0, 0.1) is 16.0 Å². The van der Waals surface area contributed by atoms with E-state index in [2.05, 4.69) is 10.6 Å². The van der Waals surface area contributed by atoms with Crippen LogP contribution in [0.1, 0.15) is 29.8 Å². The van der Waals surface area contributed by atoms with Gasteiger partial charge >= 0.3 is 0 Å². The monoisotopic (exact) mass is 341 g/mol. The summed E-state index contributed by atoms with van der Waals surface area (Å²) >= 11 is 0. The second-order valence-electron chi connectivity index (χ2n) is 5.83. The molecule has 7 heteroatoms. The van der Waals surface area contributed by atoms with Crippen LogP contribution in [0.2, 0.25) is 0 Å². The molecule has 0 aliphatic carbocycles. The molecule has 2 rings (SSSR count). The lowest BCUT2D eigenvalue weighted by atomic mass is 10.1. The van der Waals surface area contributed by atoms with Crippen molar-refractivity contribution >= 4 is 23.2 Å². The highest BCUT2D eigenvalue weighted by Gasteiger charge is 2.11. The van der Waals surface area contributed by atoms with Crippen LogP contribution in [0.3, 0.4) is 0 Å². The molecular weight excluding hydrogens is 322 g/mol. The molecule has 2 N–H and O–H groups in total. The third-order valence-corrected chi connectivity index (χ3v) is 3.52. The van der Waals surface area contributed by atoms with Crippen molar-refractivity contribution in [2.75, 3.05) is 5.32 Å². The zero-order chi connectivity index (χ0) is 18.4.